The summed E-state index contributed by atoms with van der Waals surface area (Å²) in [7, 11) is 0. The lowest BCUT2D eigenvalue weighted by atomic mass is 10.0. The van der Waals surface area contributed by atoms with Gasteiger partial charge in [-0.25, -0.2) is 0 Å². The molecule has 2 rings (SSSR count). The van der Waals surface area contributed by atoms with E-state index < -0.39 is 0 Å². The normalized spacial score (nSPS) is 12.2. The van der Waals surface area contributed by atoms with Crippen LogP contribution in [0.15, 0.2) is 42.5 Å². The van der Waals surface area contributed by atoms with Crippen molar-refractivity contribution in [1.29, 1.82) is 0 Å². The minimum absolute atomic E-state index is 0.108. The number of nitrogens with one attached hydrogen (secondary N) is 1. The molecule has 1 atom stereocenters. The summed E-state index contributed by atoms with van der Waals surface area (Å²) in [4.78, 5) is 0. The van der Waals surface area contributed by atoms with Crippen LogP contribution in [0.25, 0.3) is 0 Å². The molecule has 3 nitrogen and oxygen atoms in total. The summed E-state index contributed by atoms with van der Waals surface area (Å²) in [5.41, 5.74) is 10.3. The smallest absolute Gasteiger partial charge is 0.144 e. The van der Waals surface area contributed by atoms with E-state index >= 15 is 0 Å². The Hall–Kier alpha value is -2.16. The van der Waals surface area contributed by atoms with Crippen molar-refractivity contribution in [2.45, 2.75) is 39.8 Å². The van der Waals surface area contributed by atoms with Gasteiger partial charge in [0.1, 0.15) is 5.75 Å². The van der Waals surface area contributed by atoms with Crippen LogP contribution in [0.1, 0.15) is 37.9 Å². The molecule has 0 spiro atoms. The first-order valence-electron chi connectivity index (χ1n) is 7.36. The van der Waals surface area contributed by atoms with Gasteiger partial charge in [0, 0.05) is 6.04 Å². The number of para-hydroxylation sites is 1. The first-order chi connectivity index (χ1) is 9.99. The summed E-state index contributed by atoms with van der Waals surface area (Å²) in [6, 6.07) is 14.4. The van der Waals surface area contributed by atoms with Crippen LogP contribution in [-0.4, -0.2) is 6.10 Å². The van der Waals surface area contributed by atoms with Crippen molar-refractivity contribution in [1.82, 2.24) is 0 Å². The topological polar surface area (TPSA) is 47.3 Å². The lowest BCUT2D eigenvalue weighted by molar-refractivity contribution is 0.244. The van der Waals surface area contributed by atoms with Gasteiger partial charge in [0.2, 0.25) is 0 Å². The van der Waals surface area contributed by atoms with E-state index in [9.17, 15) is 0 Å². The highest BCUT2D eigenvalue weighted by Crippen LogP contribution is 2.32. The number of nitrogen functional groups attached to an aromatic ring is 1. The summed E-state index contributed by atoms with van der Waals surface area (Å²) in [5.74, 6) is 0.729. The molecular weight excluding hydrogens is 260 g/mol. The van der Waals surface area contributed by atoms with Crippen LogP contribution < -0.4 is 15.8 Å². The van der Waals surface area contributed by atoms with E-state index in [1.807, 2.05) is 32.0 Å². The zero-order chi connectivity index (χ0) is 15.4. The van der Waals surface area contributed by atoms with E-state index in [1.54, 1.807) is 0 Å². The van der Waals surface area contributed by atoms with Crippen LogP contribution >= 0.6 is 0 Å². The lowest BCUT2D eigenvalue weighted by Gasteiger charge is -2.21. The van der Waals surface area contributed by atoms with Crippen LogP contribution in [0.3, 0.4) is 0 Å². The van der Waals surface area contributed by atoms with E-state index in [2.05, 4.69) is 43.4 Å². The Balaban J connectivity index is 2.22. The Bertz CT molecular complexity index is 608. The Labute approximate surface area is 127 Å². The second-order valence-corrected chi connectivity index (χ2v) is 5.61. The largest absolute Gasteiger partial charge is 0.489 e. The number of anilines is 2. The van der Waals surface area contributed by atoms with E-state index in [0.717, 1.165) is 11.4 Å². The SMILES string of the molecule is Cc1ccccc1C(C)Nc1cccc(OC(C)C)c1N. The van der Waals surface area contributed by atoms with Crippen LogP contribution in [0, 0.1) is 6.92 Å². The molecule has 3 heteroatoms. The van der Waals surface area contributed by atoms with Gasteiger partial charge in [0.05, 0.1) is 17.5 Å². The van der Waals surface area contributed by atoms with Gasteiger partial charge in [-0.05, 0) is 51.0 Å². The molecule has 0 saturated heterocycles. The fourth-order valence-electron chi connectivity index (χ4n) is 2.41. The summed E-state index contributed by atoms with van der Waals surface area (Å²) >= 11 is 0. The van der Waals surface area contributed by atoms with Crippen molar-refractivity contribution in [3.63, 3.8) is 0 Å². The number of rotatable bonds is 5. The van der Waals surface area contributed by atoms with Gasteiger partial charge < -0.3 is 15.8 Å². The molecule has 2 aromatic rings. The van der Waals surface area contributed by atoms with Gasteiger partial charge in [0.25, 0.3) is 0 Å². The number of ether oxygens (including phenoxy) is 1. The van der Waals surface area contributed by atoms with Crippen molar-refractivity contribution in [2.75, 3.05) is 11.1 Å². The zero-order valence-corrected chi connectivity index (χ0v) is 13.2. The minimum atomic E-state index is 0.108. The fourth-order valence-corrected chi connectivity index (χ4v) is 2.41. The lowest BCUT2D eigenvalue weighted by Crippen LogP contribution is -2.12. The van der Waals surface area contributed by atoms with Crippen LogP contribution in [0.4, 0.5) is 11.4 Å². The molecule has 0 bridgehead atoms. The van der Waals surface area contributed by atoms with Crippen molar-refractivity contribution in [2.24, 2.45) is 0 Å². The minimum Gasteiger partial charge on any atom is -0.489 e. The number of benzene rings is 2. The van der Waals surface area contributed by atoms with Gasteiger partial charge in [0.15, 0.2) is 0 Å². The second kappa shape index (κ2) is 6.53. The third-order valence-electron chi connectivity index (χ3n) is 3.46. The molecule has 112 valence electrons. The molecule has 0 aliphatic rings. The van der Waals surface area contributed by atoms with E-state index in [1.165, 1.54) is 11.1 Å². The maximum Gasteiger partial charge on any atom is 0.144 e. The molecule has 0 aliphatic carbocycles. The second-order valence-electron chi connectivity index (χ2n) is 5.61. The molecule has 0 radical (unpaired) electrons. The molecule has 3 N–H and O–H groups in total. The van der Waals surface area contributed by atoms with Gasteiger partial charge in [-0.3, -0.25) is 0 Å². The van der Waals surface area contributed by atoms with Crippen LogP contribution in [-0.2, 0) is 0 Å². The molecule has 2 aromatic carbocycles. The van der Waals surface area contributed by atoms with Crippen molar-refractivity contribution in [3.05, 3.63) is 53.6 Å². The van der Waals surface area contributed by atoms with E-state index in [0.29, 0.717) is 5.69 Å². The molecule has 0 fully saturated rings. The molecule has 21 heavy (non-hydrogen) atoms. The standard InChI is InChI=1S/C18H24N2O/c1-12(2)21-17-11-7-10-16(18(17)19)20-14(4)15-9-6-5-8-13(15)3/h5-12,14,20H,19H2,1-4H3. The molecule has 1 unspecified atom stereocenters. The monoisotopic (exact) mass is 284 g/mol. The Kier molecular flexibility index (Phi) is 4.73. The summed E-state index contributed by atoms with van der Waals surface area (Å²) in [5, 5.41) is 3.48. The highest BCUT2D eigenvalue weighted by molar-refractivity contribution is 5.73. The number of aryl methyl sites for hydroxylation is 1. The molecule has 0 saturated carbocycles. The van der Waals surface area contributed by atoms with Crippen LogP contribution in [0.2, 0.25) is 0 Å². The number of hydrogen-bond acceptors (Lipinski definition) is 3. The quantitative estimate of drug-likeness (QED) is 0.793. The number of hydrogen-bond donors (Lipinski definition) is 2. The summed E-state index contributed by atoms with van der Waals surface area (Å²) in [6.45, 7) is 8.25. The zero-order valence-electron chi connectivity index (χ0n) is 13.2. The van der Waals surface area contributed by atoms with Gasteiger partial charge in [-0.15, -0.1) is 0 Å². The highest BCUT2D eigenvalue weighted by Gasteiger charge is 2.12. The predicted molar refractivity (Wildman–Crippen MR) is 89.8 cm³/mol. The summed E-state index contributed by atoms with van der Waals surface area (Å²) < 4.78 is 5.73. The average molecular weight is 284 g/mol. The molecule has 0 aromatic heterocycles. The molecule has 0 heterocycles. The molecular formula is C18H24N2O. The van der Waals surface area contributed by atoms with Gasteiger partial charge >= 0.3 is 0 Å². The van der Waals surface area contributed by atoms with E-state index in [-0.39, 0.29) is 12.1 Å². The van der Waals surface area contributed by atoms with Crippen LogP contribution in [0.5, 0.6) is 5.75 Å². The fraction of sp³-hybridized carbons (Fsp3) is 0.333. The maximum absolute atomic E-state index is 6.21. The predicted octanol–water partition coefficient (Wildman–Crippen LogP) is 4.54. The maximum atomic E-state index is 6.21. The first kappa shape index (κ1) is 15.2. The Morgan fingerprint density at radius 3 is 2.38 bits per heavy atom. The van der Waals surface area contributed by atoms with E-state index in [4.69, 9.17) is 10.5 Å². The average Bonchev–Trinajstić information content (AvgIpc) is 2.43. The van der Waals surface area contributed by atoms with Crippen molar-refractivity contribution >= 4 is 11.4 Å². The summed E-state index contributed by atoms with van der Waals surface area (Å²) in [6.07, 6.45) is 0.108. The highest BCUT2D eigenvalue weighted by atomic mass is 16.5. The third-order valence-corrected chi connectivity index (χ3v) is 3.46. The first-order valence-corrected chi connectivity index (χ1v) is 7.36. The molecule has 0 aliphatic heterocycles. The Morgan fingerprint density at radius 1 is 1.00 bits per heavy atom. The van der Waals surface area contributed by atoms with Gasteiger partial charge in [-0.2, -0.15) is 0 Å². The molecule has 0 amide bonds. The van der Waals surface area contributed by atoms with Crippen molar-refractivity contribution in [3.8, 4) is 5.75 Å². The van der Waals surface area contributed by atoms with Gasteiger partial charge in [-0.1, -0.05) is 30.3 Å². The number of nitrogens with two attached hydrogens (primary N) is 1. The Morgan fingerprint density at radius 2 is 1.71 bits per heavy atom. The van der Waals surface area contributed by atoms with Crippen molar-refractivity contribution < 1.29 is 4.74 Å². The third kappa shape index (κ3) is 3.69.